The van der Waals surface area contributed by atoms with Crippen molar-refractivity contribution >= 4 is 18.4 Å². The standard InChI is InChI=1S/C36H60OS/c1-9-27(3)16-14-12-11-13-15-17-29(5)31(7)25-32(8)30(6)19-22-35(37)21-18-28(4)24-33-20-23-36(38)34(10-2)26-33/h11-14,16,19,28-29,32-34,36,38H,7,9-10,15,17-18,20-26H2,1-6,8H3/b13-11+,14-12+,27-16+,30-19+. The molecule has 0 aliphatic heterocycles. The molecule has 0 spiro atoms. The van der Waals surface area contributed by atoms with Crippen LogP contribution in [0.3, 0.4) is 0 Å². The second kappa shape index (κ2) is 19.7. The third-order valence-electron chi connectivity index (χ3n) is 8.98. The number of allylic oxidation sites excluding steroid dienone is 9. The Kier molecular flexibility index (Phi) is 18.0. The van der Waals surface area contributed by atoms with Crippen molar-refractivity contribution in [1.29, 1.82) is 0 Å². The fourth-order valence-corrected chi connectivity index (χ4v) is 6.03. The van der Waals surface area contributed by atoms with Crippen molar-refractivity contribution in [2.75, 3.05) is 0 Å². The van der Waals surface area contributed by atoms with Gasteiger partial charge in [0.05, 0.1) is 0 Å². The maximum atomic E-state index is 12.6. The lowest BCUT2D eigenvalue weighted by Gasteiger charge is -2.34. The van der Waals surface area contributed by atoms with Gasteiger partial charge in [0.2, 0.25) is 0 Å². The van der Waals surface area contributed by atoms with Crippen LogP contribution in [0.2, 0.25) is 0 Å². The molecule has 38 heavy (non-hydrogen) atoms. The maximum absolute atomic E-state index is 12.6. The van der Waals surface area contributed by atoms with Gasteiger partial charge < -0.3 is 0 Å². The van der Waals surface area contributed by atoms with E-state index >= 15 is 0 Å². The maximum Gasteiger partial charge on any atom is 0.136 e. The Morgan fingerprint density at radius 2 is 1.76 bits per heavy atom. The van der Waals surface area contributed by atoms with Gasteiger partial charge >= 0.3 is 0 Å². The molecular formula is C36H60OS. The first-order valence-corrected chi connectivity index (χ1v) is 16.1. The lowest BCUT2D eigenvalue weighted by molar-refractivity contribution is -0.118. The minimum atomic E-state index is 0.391. The van der Waals surface area contributed by atoms with Crippen molar-refractivity contribution in [1.82, 2.24) is 0 Å². The first kappa shape index (κ1) is 34.7. The van der Waals surface area contributed by atoms with Gasteiger partial charge in [-0.05, 0) is 101 Å². The zero-order valence-electron chi connectivity index (χ0n) is 26.0. The van der Waals surface area contributed by atoms with Crippen LogP contribution in [-0.4, -0.2) is 11.0 Å². The predicted octanol–water partition coefficient (Wildman–Crippen LogP) is 11.3. The minimum absolute atomic E-state index is 0.391. The molecule has 1 fully saturated rings. The van der Waals surface area contributed by atoms with Crippen LogP contribution in [-0.2, 0) is 4.79 Å². The lowest BCUT2D eigenvalue weighted by Crippen LogP contribution is -2.26. The highest BCUT2D eigenvalue weighted by atomic mass is 32.1. The highest BCUT2D eigenvalue weighted by Gasteiger charge is 2.28. The molecule has 6 unspecified atom stereocenters. The molecule has 216 valence electrons. The van der Waals surface area contributed by atoms with Gasteiger partial charge in [-0.2, -0.15) is 12.6 Å². The van der Waals surface area contributed by atoms with Gasteiger partial charge in [0.1, 0.15) is 5.78 Å². The summed E-state index contributed by atoms with van der Waals surface area (Å²) in [5.41, 5.74) is 4.06. The lowest BCUT2D eigenvalue weighted by atomic mass is 9.76. The van der Waals surface area contributed by atoms with Crippen LogP contribution in [0, 0.1) is 29.6 Å². The average Bonchev–Trinajstić information content (AvgIpc) is 2.90. The van der Waals surface area contributed by atoms with Gasteiger partial charge in [-0.15, -0.1) is 0 Å². The first-order chi connectivity index (χ1) is 18.1. The number of carbonyl (C=O) groups excluding carboxylic acids is 1. The van der Waals surface area contributed by atoms with E-state index in [0.717, 1.165) is 50.4 Å². The molecule has 1 aliphatic carbocycles. The smallest absolute Gasteiger partial charge is 0.136 e. The number of ketones is 1. The Hall–Kier alpha value is -1.28. The molecule has 0 radical (unpaired) electrons. The Morgan fingerprint density at radius 1 is 1.03 bits per heavy atom. The SMILES string of the molecule is C=C(CC(C)/C(C)=C/CC(=O)CCC(C)CC1CCC(S)C(CC)C1)C(C)CC/C=C/C=C/C=C(\C)CC. The molecule has 1 rings (SSSR count). The summed E-state index contributed by atoms with van der Waals surface area (Å²) in [6.07, 6.45) is 26.1. The van der Waals surface area contributed by atoms with Crippen LogP contribution in [0.15, 0.2) is 59.8 Å². The fourth-order valence-electron chi connectivity index (χ4n) is 5.55. The quantitative estimate of drug-likeness (QED) is 0.104. The van der Waals surface area contributed by atoms with Crippen LogP contribution in [0.25, 0.3) is 0 Å². The summed E-state index contributed by atoms with van der Waals surface area (Å²) in [5.74, 6) is 3.60. The van der Waals surface area contributed by atoms with Crippen molar-refractivity contribution in [2.45, 2.75) is 131 Å². The molecule has 0 amide bonds. The van der Waals surface area contributed by atoms with E-state index < -0.39 is 0 Å². The van der Waals surface area contributed by atoms with E-state index in [2.05, 4.69) is 91.5 Å². The third-order valence-corrected chi connectivity index (χ3v) is 9.66. The van der Waals surface area contributed by atoms with E-state index in [-0.39, 0.29) is 0 Å². The molecule has 0 N–H and O–H groups in total. The molecule has 1 saturated carbocycles. The Balaban J connectivity index is 2.32. The molecule has 1 aliphatic rings. The Bertz CT molecular complexity index is 813. The Morgan fingerprint density at radius 3 is 2.45 bits per heavy atom. The summed E-state index contributed by atoms with van der Waals surface area (Å²) in [4.78, 5) is 12.6. The predicted molar refractivity (Wildman–Crippen MR) is 174 cm³/mol. The van der Waals surface area contributed by atoms with E-state index in [1.807, 2.05) is 0 Å². The highest BCUT2D eigenvalue weighted by molar-refractivity contribution is 7.81. The number of hydrogen-bond donors (Lipinski definition) is 1. The van der Waals surface area contributed by atoms with Crippen LogP contribution >= 0.6 is 12.6 Å². The van der Waals surface area contributed by atoms with Crippen molar-refractivity contribution in [3.8, 4) is 0 Å². The molecule has 0 aromatic rings. The molecule has 0 bridgehead atoms. The summed E-state index contributed by atoms with van der Waals surface area (Å²) >= 11 is 4.79. The zero-order valence-corrected chi connectivity index (χ0v) is 26.9. The molecule has 0 heterocycles. The molecule has 1 nitrogen and oxygen atoms in total. The van der Waals surface area contributed by atoms with Gasteiger partial charge in [-0.25, -0.2) is 0 Å². The van der Waals surface area contributed by atoms with Crippen molar-refractivity contribution < 1.29 is 4.79 Å². The summed E-state index contributed by atoms with van der Waals surface area (Å²) < 4.78 is 0. The van der Waals surface area contributed by atoms with Crippen molar-refractivity contribution in [3.05, 3.63) is 59.8 Å². The van der Waals surface area contributed by atoms with E-state index in [0.29, 0.717) is 35.2 Å². The van der Waals surface area contributed by atoms with Gasteiger partial charge in [0, 0.05) is 18.1 Å². The van der Waals surface area contributed by atoms with Crippen molar-refractivity contribution in [2.24, 2.45) is 29.6 Å². The van der Waals surface area contributed by atoms with E-state index in [1.54, 1.807) is 0 Å². The van der Waals surface area contributed by atoms with Crippen LogP contribution in [0.5, 0.6) is 0 Å². The fraction of sp³-hybridized carbons (Fsp3) is 0.694. The van der Waals surface area contributed by atoms with Gasteiger partial charge in [0.15, 0.2) is 0 Å². The largest absolute Gasteiger partial charge is 0.299 e. The summed E-state index contributed by atoms with van der Waals surface area (Å²) in [6.45, 7) is 20.1. The molecule has 0 aromatic heterocycles. The van der Waals surface area contributed by atoms with Crippen LogP contribution in [0.1, 0.15) is 126 Å². The third kappa shape index (κ3) is 14.8. The van der Waals surface area contributed by atoms with Gasteiger partial charge in [0.25, 0.3) is 0 Å². The van der Waals surface area contributed by atoms with Crippen molar-refractivity contribution in [3.63, 3.8) is 0 Å². The normalized spacial score (nSPS) is 23.6. The average molecular weight is 541 g/mol. The number of hydrogen-bond acceptors (Lipinski definition) is 2. The summed E-state index contributed by atoms with van der Waals surface area (Å²) in [6, 6.07) is 0. The second-order valence-electron chi connectivity index (χ2n) is 12.4. The number of Topliss-reactive ketones (excluding diaryl/α,β-unsaturated/α-hetero) is 1. The van der Waals surface area contributed by atoms with E-state index in [1.165, 1.54) is 48.8 Å². The number of thiol groups is 1. The molecule has 6 atom stereocenters. The number of rotatable bonds is 18. The molecule has 2 heteroatoms. The summed E-state index contributed by atoms with van der Waals surface area (Å²) in [5, 5.41) is 0.596. The Labute approximate surface area is 242 Å². The monoisotopic (exact) mass is 540 g/mol. The first-order valence-electron chi connectivity index (χ1n) is 15.6. The van der Waals surface area contributed by atoms with E-state index in [4.69, 9.17) is 12.6 Å². The second-order valence-corrected chi connectivity index (χ2v) is 13.1. The van der Waals surface area contributed by atoms with Gasteiger partial charge in [-0.1, -0.05) is 101 Å². The topological polar surface area (TPSA) is 17.1 Å². The minimum Gasteiger partial charge on any atom is -0.299 e. The molecule has 0 aromatic carbocycles. The van der Waals surface area contributed by atoms with E-state index in [9.17, 15) is 4.79 Å². The van der Waals surface area contributed by atoms with Crippen LogP contribution in [0.4, 0.5) is 0 Å². The zero-order chi connectivity index (χ0) is 28.5. The summed E-state index contributed by atoms with van der Waals surface area (Å²) in [7, 11) is 0. The molecule has 0 saturated heterocycles. The van der Waals surface area contributed by atoms with Gasteiger partial charge in [-0.3, -0.25) is 4.79 Å². The highest BCUT2D eigenvalue weighted by Crippen LogP contribution is 2.38. The van der Waals surface area contributed by atoms with Crippen LogP contribution < -0.4 is 0 Å². The molecular weight excluding hydrogens is 480 g/mol. The number of carbonyl (C=O) groups is 1.